The molecule has 0 spiro atoms. The Hall–Kier alpha value is -1.36. The van der Waals surface area contributed by atoms with Gasteiger partial charge in [-0.3, -0.25) is 4.98 Å². The first-order valence-corrected chi connectivity index (χ1v) is 8.42. The van der Waals surface area contributed by atoms with Gasteiger partial charge in [0.2, 0.25) is 0 Å². The van der Waals surface area contributed by atoms with Crippen molar-refractivity contribution in [3.05, 3.63) is 70.8 Å². The molecule has 1 aromatic heterocycles. The van der Waals surface area contributed by atoms with E-state index in [9.17, 15) is 5.11 Å². The van der Waals surface area contributed by atoms with Crippen LogP contribution in [0.25, 0.3) is 10.9 Å². The number of rotatable bonds is 4. The summed E-state index contributed by atoms with van der Waals surface area (Å²) in [4.78, 5) is 5.48. The van der Waals surface area contributed by atoms with Gasteiger partial charge in [0, 0.05) is 26.7 Å². The van der Waals surface area contributed by atoms with Crippen LogP contribution in [0.2, 0.25) is 0 Å². The normalized spacial score (nSPS) is 12.5. The fourth-order valence-corrected chi connectivity index (χ4v) is 3.34. The fourth-order valence-electron chi connectivity index (χ4n) is 2.21. The quantitative estimate of drug-likeness (QED) is 0.677. The number of fused-ring (bicyclic) bond motifs is 1. The Morgan fingerprint density at radius 2 is 1.86 bits per heavy atom. The average Bonchev–Trinajstić information content (AvgIpc) is 2.53. The van der Waals surface area contributed by atoms with Crippen LogP contribution in [0.4, 0.5) is 0 Å². The number of aliphatic hydroxyl groups is 1. The number of hydrogen-bond donors (Lipinski definition) is 1. The van der Waals surface area contributed by atoms with Crippen LogP contribution in [0.1, 0.15) is 11.7 Å². The van der Waals surface area contributed by atoms with E-state index in [1.54, 1.807) is 18.0 Å². The second-order valence-electron chi connectivity index (χ2n) is 4.70. The van der Waals surface area contributed by atoms with Crippen LogP contribution < -0.4 is 0 Å². The predicted molar refractivity (Wildman–Crippen MR) is 91.6 cm³/mol. The van der Waals surface area contributed by atoms with E-state index in [-0.39, 0.29) is 0 Å². The molecule has 0 saturated carbocycles. The Bertz CT molecular complexity index is 740. The van der Waals surface area contributed by atoms with Gasteiger partial charge in [-0.25, -0.2) is 0 Å². The summed E-state index contributed by atoms with van der Waals surface area (Å²) >= 11 is 5.07. The first kappa shape index (κ1) is 14.6. The summed E-state index contributed by atoms with van der Waals surface area (Å²) in [6.07, 6.45) is 1.27. The second kappa shape index (κ2) is 6.60. The number of hydrogen-bond acceptors (Lipinski definition) is 3. The van der Waals surface area contributed by atoms with Crippen molar-refractivity contribution in [1.82, 2.24) is 4.98 Å². The molecular formula is C17H14BrNOS. The van der Waals surface area contributed by atoms with Crippen LogP contribution in [0.5, 0.6) is 0 Å². The van der Waals surface area contributed by atoms with E-state index in [2.05, 4.69) is 20.9 Å². The summed E-state index contributed by atoms with van der Waals surface area (Å²) in [5, 5.41) is 11.5. The molecule has 21 heavy (non-hydrogen) atoms. The van der Waals surface area contributed by atoms with Gasteiger partial charge in [0.15, 0.2) is 0 Å². The van der Waals surface area contributed by atoms with E-state index >= 15 is 0 Å². The molecule has 4 heteroatoms. The highest BCUT2D eigenvalue weighted by atomic mass is 79.9. The number of nitrogens with zero attached hydrogens (tertiary/aromatic N) is 1. The highest BCUT2D eigenvalue weighted by Gasteiger charge is 2.11. The lowest BCUT2D eigenvalue weighted by molar-refractivity contribution is 0.205. The molecule has 0 aliphatic carbocycles. The van der Waals surface area contributed by atoms with Crippen molar-refractivity contribution in [2.45, 2.75) is 11.0 Å². The van der Waals surface area contributed by atoms with E-state index in [0.29, 0.717) is 5.75 Å². The summed E-state index contributed by atoms with van der Waals surface area (Å²) in [5.41, 5.74) is 1.85. The molecule has 2 nitrogen and oxygen atoms in total. The minimum absolute atomic E-state index is 0.508. The van der Waals surface area contributed by atoms with Gasteiger partial charge in [-0.15, -0.1) is 11.8 Å². The van der Waals surface area contributed by atoms with E-state index in [1.807, 2.05) is 54.6 Å². The first-order valence-electron chi connectivity index (χ1n) is 6.64. The Balaban J connectivity index is 1.78. The standard InChI is InChI=1S/C17H14BrNOS/c18-12-6-8-13(9-7-12)21-11-17(20)15-3-1-5-16-14(15)4-2-10-19-16/h1-10,17,20H,11H2. The largest absolute Gasteiger partial charge is 0.388 e. The summed E-state index contributed by atoms with van der Waals surface area (Å²) in [7, 11) is 0. The van der Waals surface area contributed by atoms with E-state index < -0.39 is 6.10 Å². The molecular weight excluding hydrogens is 346 g/mol. The lowest BCUT2D eigenvalue weighted by Crippen LogP contribution is -2.01. The van der Waals surface area contributed by atoms with Crippen molar-refractivity contribution in [3.8, 4) is 0 Å². The third-order valence-electron chi connectivity index (χ3n) is 3.26. The summed E-state index contributed by atoms with van der Waals surface area (Å²) in [5.74, 6) is 0.621. The molecule has 1 N–H and O–H groups in total. The maximum absolute atomic E-state index is 10.5. The molecule has 0 fully saturated rings. The Morgan fingerprint density at radius 1 is 1.05 bits per heavy atom. The molecule has 0 aliphatic heterocycles. The Morgan fingerprint density at radius 3 is 2.67 bits per heavy atom. The number of benzene rings is 2. The van der Waals surface area contributed by atoms with Crippen molar-refractivity contribution in [2.75, 3.05) is 5.75 Å². The number of aromatic nitrogens is 1. The van der Waals surface area contributed by atoms with Gasteiger partial charge in [0.05, 0.1) is 11.6 Å². The number of aliphatic hydroxyl groups excluding tert-OH is 1. The van der Waals surface area contributed by atoms with Gasteiger partial charge in [-0.2, -0.15) is 0 Å². The zero-order valence-electron chi connectivity index (χ0n) is 11.2. The first-order chi connectivity index (χ1) is 10.2. The molecule has 106 valence electrons. The number of halogens is 1. The van der Waals surface area contributed by atoms with Crippen LogP contribution >= 0.6 is 27.7 Å². The van der Waals surface area contributed by atoms with Crippen LogP contribution in [0, 0.1) is 0 Å². The molecule has 0 amide bonds. The zero-order chi connectivity index (χ0) is 14.7. The van der Waals surface area contributed by atoms with Crippen LogP contribution in [0.3, 0.4) is 0 Å². The molecule has 0 radical (unpaired) electrons. The molecule has 0 bridgehead atoms. The second-order valence-corrected chi connectivity index (χ2v) is 6.71. The van der Waals surface area contributed by atoms with Gasteiger partial charge in [0.25, 0.3) is 0 Å². The molecule has 3 rings (SSSR count). The van der Waals surface area contributed by atoms with E-state index in [4.69, 9.17) is 0 Å². The van der Waals surface area contributed by atoms with E-state index in [0.717, 1.165) is 25.8 Å². The van der Waals surface area contributed by atoms with Gasteiger partial charge >= 0.3 is 0 Å². The van der Waals surface area contributed by atoms with Crippen LogP contribution in [0.15, 0.2) is 70.2 Å². The highest BCUT2D eigenvalue weighted by Crippen LogP contribution is 2.29. The zero-order valence-corrected chi connectivity index (χ0v) is 13.6. The van der Waals surface area contributed by atoms with Crippen molar-refractivity contribution in [1.29, 1.82) is 0 Å². The van der Waals surface area contributed by atoms with Gasteiger partial charge < -0.3 is 5.11 Å². The van der Waals surface area contributed by atoms with Crippen molar-refractivity contribution < 1.29 is 5.11 Å². The SMILES string of the molecule is OC(CSc1ccc(Br)cc1)c1cccc2ncccc12. The van der Waals surface area contributed by atoms with Gasteiger partial charge in [-0.05, 0) is 42.0 Å². The smallest absolute Gasteiger partial charge is 0.0890 e. The number of pyridine rings is 1. The third-order valence-corrected chi connectivity index (χ3v) is 4.88. The minimum atomic E-state index is -0.508. The van der Waals surface area contributed by atoms with Crippen molar-refractivity contribution in [2.24, 2.45) is 0 Å². The van der Waals surface area contributed by atoms with Crippen molar-refractivity contribution in [3.63, 3.8) is 0 Å². The summed E-state index contributed by atoms with van der Waals surface area (Å²) in [6, 6.07) is 17.9. The molecule has 0 aliphatic rings. The van der Waals surface area contributed by atoms with Gasteiger partial charge in [0.1, 0.15) is 0 Å². The fraction of sp³-hybridized carbons (Fsp3) is 0.118. The molecule has 1 unspecified atom stereocenters. The molecule has 2 aromatic carbocycles. The number of thioether (sulfide) groups is 1. The molecule has 0 saturated heterocycles. The molecule has 1 atom stereocenters. The van der Waals surface area contributed by atoms with Gasteiger partial charge in [-0.1, -0.05) is 34.1 Å². The summed E-state index contributed by atoms with van der Waals surface area (Å²) < 4.78 is 1.06. The van der Waals surface area contributed by atoms with Crippen LogP contribution in [-0.2, 0) is 0 Å². The van der Waals surface area contributed by atoms with Crippen LogP contribution in [-0.4, -0.2) is 15.8 Å². The Labute approximate surface area is 136 Å². The highest BCUT2D eigenvalue weighted by molar-refractivity contribution is 9.10. The predicted octanol–water partition coefficient (Wildman–Crippen LogP) is 4.82. The minimum Gasteiger partial charge on any atom is -0.388 e. The summed E-state index contributed by atoms with van der Waals surface area (Å²) in [6.45, 7) is 0. The lowest BCUT2D eigenvalue weighted by atomic mass is 10.0. The monoisotopic (exact) mass is 359 g/mol. The Kier molecular flexibility index (Phi) is 4.58. The lowest BCUT2D eigenvalue weighted by Gasteiger charge is -2.13. The molecule has 3 aromatic rings. The maximum Gasteiger partial charge on any atom is 0.0890 e. The maximum atomic E-state index is 10.5. The third kappa shape index (κ3) is 3.46. The average molecular weight is 360 g/mol. The van der Waals surface area contributed by atoms with Crippen molar-refractivity contribution >= 4 is 38.6 Å². The topological polar surface area (TPSA) is 33.1 Å². The van der Waals surface area contributed by atoms with E-state index in [1.165, 1.54) is 0 Å². The molecule has 1 heterocycles.